The van der Waals surface area contributed by atoms with Crippen molar-refractivity contribution >= 4 is 32.6 Å². The third-order valence-corrected chi connectivity index (χ3v) is 5.75. The molecule has 0 fully saturated rings. The van der Waals surface area contributed by atoms with Crippen molar-refractivity contribution in [3.05, 3.63) is 58.1 Å². The Morgan fingerprint density at radius 1 is 0.926 bits per heavy atom. The van der Waals surface area contributed by atoms with Crippen molar-refractivity contribution in [3.8, 4) is 0 Å². The molecule has 5 heteroatoms. The van der Waals surface area contributed by atoms with Crippen LogP contribution in [0.1, 0.15) is 32.6 Å². The van der Waals surface area contributed by atoms with Gasteiger partial charge in [-0.3, -0.25) is 9.69 Å². The first-order valence-electron chi connectivity index (χ1n) is 9.17. The van der Waals surface area contributed by atoms with Gasteiger partial charge >= 0.3 is 0 Å². The third kappa shape index (κ3) is 4.37. The largest absolute Gasteiger partial charge is 0.308 e. The highest BCUT2D eigenvalue weighted by Crippen LogP contribution is 2.32. The van der Waals surface area contributed by atoms with Crippen molar-refractivity contribution < 1.29 is 4.79 Å². The molecule has 0 N–H and O–H groups in total. The SMILES string of the molecule is Cc1cc(C)cc(C(=O)N(CCN(C)C)c2nc3cc(C)cc(C)c3s2)c1. The molecule has 1 aromatic heterocycles. The van der Waals surface area contributed by atoms with Gasteiger partial charge in [-0.25, -0.2) is 4.98 Å². The molecule has 1 amide bonds. The van der Waals surface area contributed by atoms with Gasteiger partial charge in [-0.2, -0.15) is 0 Å². The Labute approximate surface area is 165 Å². The van der Waals surface area contributed by atoms with Crippen LogP contribution >= 0.6 is 11.3 Å². The highest BCUT2D eigenvalue weighted by atomic mass is 32.1. The fraction of sp³-hybridized carbons (Fsp3) is 0.364. The van der Waals surface area contributed by atoms with Gasteiger partial charge in [-0.05, 0) is 71.1 Å². The molecule has 3 rings (SSSR count). The van der Waals surface area contributed by atoms with Gasteiger partial charge < -0.3 is 4.90 Å². The van der Waals surface area contributed by atoms with Crippen molar-refractivity contribution in [2.45, 2.75) is 27.7 Å². The first kappa shape index (κ1) is 19.5. The van der Waals surface area contributed by atoms with E-state index < -0.39 is 0 Å². The van der Waals surface area contributed by atoms with E-state index in [-0.39, 0.29) is 5.91 Å². The van der Waals surface area contributed by atoms with Gasteiger partial charge in [0.25, 0.3) is 5.91 Å². The Bertz CT molecular complexity index is 970. The summed E-state index contributed by atoms with van der Waals surface area (Å²) in [5.41, 5.74) is 6.29. The second kappa shape index (κ2) is 7.79. The number of fused-ring (bicyclic) bond motifs is 1. The van der Waals surface area contributed by atoms with Crippen molar-refractivity contribution in [3.63, 3.8) is 0 Å². The molecule has 27 heavy (non-hydrogen) atoms. The van der Waals surface area contributed by atoms with Gasteiger partial charge in [0.05, 0.1) is 10.2 Å². The number of anilines is 1. The quantitative estimate of drug-likeness (QED) is 0.640. The molecule has 0 atom stereocenters. The van der Waals surface area contributed by atoms with E-state index in [0.717, 1.165) is 38.6 Å². The van der Waals surface area contributed by atoms with Crippen molar-refractivity contribution in [1.29, 1.82) is 0 Å². The van der Waals surface area contributed by atoms with E-state index in [1.165, 1.54) is 11.1 Å². The van der Waals surface area contributed by atoms with Crippen LogP contribution in [0.15, 0.2) is 30.3 Å². The minimum absolute atomic E-state index is 0.0112. The number of thiazole rings is 1. The number of aromatic nitrogens is 1. The topological polar surface area (TPSA) is 36.4 Å². The van der Waals surface area contributed by atoms with Crippen LogP contribution in [0.2, 0.25) is 0 Å². The molecule has 2 aromatic carbocycles. The van der Waals surface area contributed by atoms with Crippen molar-refractivity contribution in [2.75, 3.05) is 32.1 Å². The van der Waals surface area contributed by atoms with Gasteiger partial charge in [0.1, 0.15) is 0 Å². The standard InChI is InChI=1S/C22H27N3OS/c1-14-9-15(2)12-18(11-14)21(26)25(8-7-24(5)6)22-23-19-13-16(3)10-17(4)20(19)27-22/h9-13H,7-8H2,1-6H3. The first-order valence-corrected chi connectivity index (χ1v) is 9.99. The molecule has 0 radical (unpaired) electrons. The minimum Gasteiger partial charge on any atom is -0.308 e. The number of aryl methyl sites for hydroxylation is 4. The fourth-order valence-electron chi connectivity index (χ4n) is 3.32. The summed E-state index contributed by atoms with van der Waals surface area (Å²) < 4.78 is 1.15. The predicted molar refractivity (Wildman–Crippen MR) is 115 cm³/mol. The van der Waals surface area contributed by atoms with Crippen LogP contribution < -0.4 is 4.90 Å². The molecule has 0 aliphatic rings. The lowest BCUT2D eigenvalue weighted by Crippen LogP contribution is -2.36. The second-order valence-electron chi connectivity index (χ2n) is 7.56. The van der Waals surface area contributed by atoms with Crippen LogP contribution in [0, 0.1) is 27.7 Å². The molecule has 0 aliphatic carbocycles. The molecule has 142 valence electrons. The van der Waals surface area contributed by atoms with Gasteiger partial charge in [0.2, 0.25) is 0 Å². The number of carbonyl (C=O) groups excluding carboxylic acids is 1. The van der Waals surface area contributed by atoms with E-state index in [9.17, 15) is 4.79 Å². The first-order chi connectivity index (χ1) is 12.7. The fourth-order valence-corrected chi connectivity index (χ4v) is 4.36. The average Bonchev–Trinajstić information content (AvgIpc) is 2.97. The van der Waals surface area contributed by atoms with E-state index in [0.29, 0.717) is 6.54 Å². The maximum absolute atomic E-state index is 13.4. The highest BCUT2D eigenvalue weighted by Gasteiger charge is 2.22. The lowest BCUT2D eigenvalue weighted by atomic mass is 10.1. The lowest BCUT2D eigenvalue weighted by molar-refractivity contribution is 0.0985. The molecule has 0 saturated heterocycles. The third-order valence-electron chi connectivity index (χ3n) is 4.52. The Morgan fingerprint density at radius 3 is 2.19 bits per heavy atom. The number of hydrogen-bond donors (Lipinski definition) is 0. The van der Waals surface area contributed by atoms with Gasteiger partial charge in [-0.1, -0.05) is 34.6 Å². The van der Waals surface area contributed by atoms with Crippen molar-refractivity contribution in [1.82, 2.24) is 9.88 Å². The number of likely N-dealkylation sites (N-methyl/N-ethyl adjacent to an activating group) is 1. The maximum Gasteiger partial charge on any atom is 0.260 e. The van der Waals surface area contributed by atoms with Crippen LogP contribution in [-0.2, 0) is 0 Å². The van der Waals surface area contributed by atoms with Crippen LogP contribution in [0.3, 0.4) is 0 Å². The molecule has 0 saturated carbocycles. The normalized spacial score (nSPS) is 11.4. The maximum atomic E-state index is 13.4. The Kier molecular flexibility index (Phi) is 5.63. The van der Waals surface area contributed by atoms with Gasteiger partial charge in [0.15, 0.2) is 5.13 Å². The summed E-state index contributed by atoms with van der Waals surface area (Å²) in [6, 6.07) is 10.3. The predicted octanol–water partition coefficient (Wildman–Crippen LogP) is 4.74. The molecule has 0 bridgehead atoms. The molecule has 4 nitrogen and oxygen atoms in total. The van der Waals surface area contributed by atoms with Gasteiger partial charge in [-0.15, -0.1) is 0 Å². The molecule has 0 spiro atoms. The molecular formula is C22H27N3OS. The van der Waals surface area contributed by atoms with Crippen LogP contribution in [0.5, 0.6) is 0 Å². The smallest absolute Gasteiger partial charge is 0.260 e. The summed E-state index contributed by atoms with van der Waals surface area (Å²) in [4.78, 5) is 22.1. The summed E-state index contributed by atoms with van der Waals surface area (Å²) in [5.74, 6) is 0.0112. The summed E-state index contributed by atoms with van der Waals surface area (Å²) >= 11 is 1.60. The second-order valence-corrected chi connectivity index (χ2v) is 8.54. The minimum atomic E-state index is 0.0112. The zero-order chi connectivity index (χ0) is 19.7. The molecule has 3 aromatic rings. The lowest BCUT2D eigenvalue weighted by Gasteiger charge is -2.22. The van der Waals surface area contributed by atoms with E-state index >= 15 is 0 Å². The number of hydrogen-bond acceptors (Lipinski definition) is 4. The van der Waals surface area contributed by atoms with Crippen LogP contribution in [0.4, 0.5) is 5.13 Å². The molecule has 0 aliphatic heterocycles. The number of amides is 1. The summed E-state index contributed by atoms with van der Waals surface area (Å²) in [6.45, 7) is 9.62. The Morgan fingerprint density at radius 2 is 1.56 bits per heavy atom. The molecule has 0 unspecified atom stereocenters. The number of carbonyl (C=O) groups is 1. The van der Waals surface area contributed by atoms with E-state index in [2.05, 4.69) is 36.9 Å². The summed E-state index contributed by atoms with van der Waals surface area (Å²) in [5, 5.41) is 0.768. The zero-order valence-corrected chi connectivity index (χ0v) is 17.8. The monoisotopic (exact) mass is 381 g/mol. The zero-order valence-electron chi connectivity index (χ0n) is 17.0. The van der Waals surface area contributed by atoms with E-state index in [4.69, 9.17) is 4.98 Å². The Balaban J connectivity index is 2.05. The number of benzene rings is 2. The van der Waals surface area contributed by atoms with Crippen LogP contribution in [0.25, 0.3) is 10.2 Å². The average molecular weight is 382 g/mol. The van der Waals surface area contributed by atoms with E-state index in [1.54, 1.807) is 11.3 Å². The highest BCUT2D eigenvalue weighted by molar-refractivity contribution is 7.22. The summed E-state index contributed by atoms with van der Waals surface area (Å²) in [7, 11) is 4.04. The Hall–Kier alpha value is -2.24. The number of rotatable bonds is 5. The van der Waals surface area contributed by atoms with Crippen LogP contribution in [-0.4, -0.2) is 43.0 Å². The van der Waals surface area contributed by atoms with Crippen molar-refractivity contribution in [2.24, 2.45) is 0 Å². The molecule has 1 heterocycles. The van der Waals surface area contributed by atoms with E-state index in [1.807, 2.05) is 45.0 Å². The number of nitrogens with zero attached hydrogens (tertiary/aromatic N) is 3. The van der Waals surface area contributed by atoms with Gasteiger partial charge in [0, 0.05) is 18.7 Å². The summed E-state index contributed by atoms with van der Waals surface area (Å²) in [6.07, 6.45) is 0. The molecular weight excluding hydrogens is 354 g/mol.